The Bertz CT molecular complexity index is 320. The van der Waals surface area contributed by atoms with Crippen molar-refractivity contribution in [3.63, 3.8) is 0 Å². The van der Waals surface area contributed by atoms with Gasteiger partial charge in [-0.2, -0.15) is 18.3 Å². The molecule has 84 valence electrons. The van der Waals surface area contributed by atoms with Gasteiger partial charge in [0.1, 0.15) is 13.1 Å². The lowest BCUT2D eigenvalue weighted by atomic mass is 10.4. The SMILES string of the molecule is CN(CC(F)(F)F)C(=O)Cn1cccn1. The maximum atomic E-state index is 11.9. The molecule has 0 N–H and O–H groups in total. The first-order chi connectivity index (χ1) is 6.88. The van der Waals surface area contributed by atoms with Crippen molar-refractivity contribution in [1.29, 1.82) is 0 Å². The molecular weight excluding hydrogens is 211 g/mol. The summed E-state index contributed by atoms with van der Waals surface area (Å²) < 4.78 is 37.1. The standard InChI is InChI=1S/C8H10F3N3O/c1-13(6-8(9,10)11)7(15)5-14-4-2-3-12-14/h2-4H,5-6H2,1H3. The van der Waals surface area contributed by atoms with E-state index in [1.807, 2.05) is 0 Å². The second kappa shape index (κ2) is 4.33. The van der Waals surface area contributed by atoms with E-state index < -0.39 is 18.6 Å². The second-order valence-corrected chi connectivity index (χ2v) is 3.07. The third kappa shape index (κ3) is 4.01. The summed E-state index contributed by atoms with van der Waals surface area (Å²) in [5, 5.41) is 3.72. The number of hydrogen-bond donors (Lipinski definition) is 0. The fourth-order valence-electron chi connectivity index (χ4n) is 1.01. The average molecular weight is 221 g/mol. The van der Waals surface area contributed by atoms with Crippen LogP contribution < -0.4 is 0 Å². The number of carbonyl (C=O) groups excluding carboxylic acids is 1. The Labute approximate surface area is 84.3 Å². The summed E-state index contributed by atoms with van der Waals surface area (Å²) in [6.45, 7) is -1.42. The summed E-state index contributed by atoms with van der Waals surface area (Å²) in [6.07, 6.45) is -1.40. The van der Waals surface area contributed by atoms with Crippen LogP contribution in [0.15, 0.2) is 18.5 Å². The van der Waals surface area contributed by atoms with Crippen LogP contribution >= 0.6 is 0 Å². The lowest BCUT2D eigenvalue weighted by Crippen LogP contribution is -2.37. The van der Waals surface area contributed by atoms with Gasteiger partial charge in [0.2, 0.25) is 5.91 Å². The van der Waals surface area contributed by atoms with Crippen molar-refractivity contribution in [1.82, 2.24) is 14.7 Å². The van der Waals surface area contributed by atoms with Crippen LogP contribution in [0, 0.1) is 0 Å². The van der Waals surface area contributed by atoms with Crippen LogP contribution in [-0.2, 0) is 11.3 Å². The molecule has 0 atom stereocenters. The largest absolute Gasteiger partial charge is 0.406 e. The molecule has 0 saturated heterocycles. The fourth-order valence-corrected chi connectivity index (χ4v) is 1.01. The van der Waals surface area contributed by atoms with E-state index in [0.717, 1.165) is 7.05 Å². The van der Waals surface area contributed by atoms with E-state index in [9.17, 15) is 18.0 Å². The van der Waals surface area contributed by atoms with Gasteiger partial charge < -0.3 is 4.90 Å². The van der Waals surface area contributed by atoms with E-state index in [1.54, 1.807) is 6.07 Å². The van der Waals surface area contributed by atoms with E-state index in [0.29, 0.717) is 4.90 Å². The highest BCUT2D eigenvalue weighted by Gasteiger charge is 2.31. The van der Waals surface area contributed by atoms with Crippen LogP contribution in [0.4, 0.5) is 13.2 Å². The fraction of sp³-hybridized carbons (Fsp3) is 0.500. The molecule has 0 aromatic carbocycles. The minimum Gasteiger partial charge on any atom is -0.335 e. The normalized spacial score (nSPS) is 11.5. The van der Waals surface area contributed by atoms with Crippen molar-refractivity contribution in [2.75, 3.05) is 13.6 Å². The molecule has 0 aliphatic rings. The molecular formula is C8H10F3N3O. The molecule has 0 unspecified atom stereocenters. The van der Waals surface area contributed by atoms with Gasteiger partial charge in [0, 0.05) is 19.4 Å². The maximum Gasteiger partial charge on any atom is 0.406 e. The first-order valence-electron chi connectivity index (χ1n) is 4.16. The molecule has 4 nitrogen and oxygen atoms in total. The Morgan fingerprint density at radius 2 is 2.20 bits per heavy atom. The predicted molar refractivity (Wildman–Crippen MR) is 45.9 cm³/mol. The summed E-state index contributed by atoms with van der Waals surface area (Å²) in [5.74, 6) is -0.629. The van der Waals surface area contributed by atoms with Crippen molar-refractivity contribution in [2.45, 2.75) is 12.7 Å². The summed E-state index contributed by atoms with van der Waals surface area (Å²) in [4.78, 5) is 11.9. The Kier molecular flexibility index (Phi) is 3.33. The van der Waals surface area contributed by atoms with Crippen LogP contribution in [0.25, 0.3) is 0 Å². The number of alkyl halides is 3. The number of carbonyl (C=O) groups is 1. The second-order valence-electron chi connectivity index (χ2n) is 3.07. The van der Waals surface area contributed by atoms with Gasteiger partial charge in [-0.3, -0.25) is 9.48 Å². The van der Waals surface area contributed by atoms with E-state index in [1.165, 1.54) is 17.1 Å². The molecule has 1 aromatic rings. The average Bonchev–Trinajstić information content (AvgIpc) is 2.53. The molecule has 15 heavy (non-hydrogen) atoms. The molecule has 1 rings (SSSR count). The lowest BCUT2D eigenvalue weighted by Gasteiger charge is -2.18. The van der Waals surface area contributed by atoms with E-state index >= 15 is 0 Å². The monoisotopic (exact) mass is 221 g/mol. The third-order valence-electron chi connectivity index (χ3n) is 1.70. The van der Waals surface area contributed by atoms with Gasteiger partial charge in [0.15, 0.2) is 0 Å². The van der Waals surface area contributed by atoms with E-state index in [-0.39, 0.29) is 6.54 Å². The Hall–Kier alpha value is -1.53. The van der Waals surface area contributed by atoms with Crippen LogP contribution in [0.3, 0.4) is 0 Å². The molecule has 1 aromatic heterocycles. The highest BCUT2D eigenvalue weighted by molar-refractivity contribution is 5.75. The van der Waals surface area contributed by atoms with Gasteiger partial charge >= 0.3 is 6.18 Å². The summed E-state index contributed by atoms with van der Waals surface area (Å²) >= 11 is 0. The molecule has 0 bridgehead atoms. The zero-order valence-electron chi connectivity index (χ0n) is 8.03. The van der Waals surface area contributed by atoms with Crippen LogP contribution in [0.5, 0.6) is 0 Å². The number of halogens is 3. The van der Waals surface area contributed by atoms with Crippen molar-refractivity contribution >= 4 is 5.91 Å². The Morgan fingerprint density at radius 3 is 2.67 bits per heavy atom. The Morgan fingerprint density at radius 1 is 1.53 bits per heavy atom. The predicted octanol–water partition coefficient (Wildman–Crippen LogP) is 0.904. The smallest absolute Gasteiger partial charge is 0.335 e. The van der Waals surface area contributed by atoms with Crippen molar-refractivity contribution < 1.29 is 18.0 Å². The van der Waals surface area contributed by atoms with Gasteiger partial charge in [-0.05, 0) is 6.07 Å². The lowest BCUT2D eigenvalue weighted by molar-refractivity contribution is -0.158. The maximum absolute atomic E-state index is 11.9. The van der Waals surface area contributed by atoms with Crippen LogP contribution in [0.2, 0.25) is 0 Å². The summed E-state index contributed by atoms with van der Waals surface area (Å²) in [7, 11) is 1.11. The molecule has 0 fully saturated rings. The summed E-state index contributed by atoms with van der Waals surface area (Å²) in [6, 6.07) is 1.59. The van der Waals surface area contributed by atoms with Gasteiger partial charge in [-0.25, -0.2) is 0 Å². The molecule has 0 aliphatic heterocycles. The topological polar surface area (TPSA) is 38.1 Å². The number of nitrogens with zero attached hydrogens (tertiary/aromatic N) is 3. The molecule has 1 amide bonds. The molecule has 0 spiro atoms. The zero-order valence-corrected chi connectivity index (χ0v) is 8.03. The van der Waals surface area contributed by atoms with Crippen molar-refractivity contribution in [3.05, 3.63) is 18.5 Å². The van der Waals surface area contributed by atoms with E-state index in [2.05, 4.69) is 5.10 Å². The third-order valence-corrected chi connectivity index (χ3v) is 1.70. The van der Waals surface area contributed by atoms with Crippen molar-refractivity contribution in [2.24, 2.45) is 0 Å². The van der Waals surface area contributed by atoms with Crippen LogP contribution in [0.1, 0.15) is 0 Å². The minimum absolute atomic E-state index is 0.181. The first-order valence-corrected chi connectivity index (χ1v) is 4.16. The molecule has 1 heterocycles. The summed E-state index contributed by atoms with van der Waals surface area (Å²) in [5.41, 5.74) is 0. The van der Waals surface area contributed by atoms with Gasteiger partial charge in [0.25, 0.3) is 0 Å². The van der Waals surface area contributed by atoms with Gasteiger partial charge in [-0.15, -0.1) is 0 Å². The van der Waals surface area contributed by atoms with Crippen LogP contribution in [-0.4, -0.2) is 40.4 Å². The highest BCUT2D eigenvalue weighted by atomic mass is 19.4. The minimum atomic E-state index is -4.37. The molecule has 7 heteroatoms. The molecule has 0 aliphatic carbocycles. The Balaban J connectivity index is 2.47. The zero-order chi connectivity index (χ0) is 11.5. The number of hydrogen-bond acceptors (Lipinski definition) is 2. The number of rotatable bonds is 3. The number of aromatic nitrogens is 2. The molecule has 0 radical (unpaired) electrons. The van der Waals surface area contributed by atoms with Gasteiger partial charge in [-0.1, -0.05) is 0 Å². The quantitative estimate of drug-likeness (QED) is 0.760. The number of amides is 1. The van der Waals surface area contributed by atoms with E-state index in [4.69, 9.17) is 0 Å². The highest BCUT2D eigenvalue weighted by Crippen LogP contribution is 2.15. The first kappa shape index (κ1) is 11.5. The number of likely N-dealkylation sites (N-methyl/N-ethyl adjacent to an activating group) is 1. The van der Waals surface area contributed by atoms with Gasteiger partial charge in [0.05, 0.1) is 0 Å². The van der Waals surface area contributed by atoms with Crippen molar-refractivity contribution in [3.8, 4) is 0 Å². The molecule has 0 saturated carbocycles.